The molecule has 0 saturated carbocycles. The summed E-state index contributed by atoms with van der Waals surface area (Å²) in [6.07, 6.45) is 1.13. The highest BCUT2D eigenvalue weighted by atomic mass is 16.5. The zero-order chi connectivity index (χ0) is 15.5. The maximum atomic E-state index is 8.78. The van der Waals surface area contributed by atoms with E-state index in [1.54, 1.807) is 13.2 Å². The second kappa shape index (κ2) is 6.32. The van der Waals surface area contributed by atoms with E-state index in [0.717, 1.165) is 24.3 Å². The van der Waals surface area contributed by atoms with Crippen molar-refractivity contribution < 1.29 is 14.7 Å². The normalized spacial score (nSPS) is 26.0. The third-order valence-corrected chi connectivity index (χ3v) is 4.25. The number of methoxy groups -OCH3 is 1. The van der Waals surface area contributed by atoms with Crippen LogP contribution in [0.25, 0.3) is 0 Å². The molecule has 0 spiro atoms. The molecule has 1 fully saturated rings. The quantitative estimate of drug-likeness (QED) is 0.331. The zero-order valence-electron chi connectivity index (χ0n) is 12.7. The second-order valence-corrected chi connectivity index (χ2v) is 5.55. The molecule has 2 unspecified atom stereocenters. The van der Waals surface area contributed by atoms with Gasteiger partial charge in [0.15, 0.2) is 5.84 Å². The molecule has 21 heavy (non-hydrogen) atoms. The summed E-state index contributed by atoms with van der Waals surface area (Å²) in [7, 11) is 1.63. The minimum Gasteiger partial charge on any atom is -0.496 e. The molecule has 0 bridgehead atoms. The van der Waals surface area contributed by atoms with Gasteiger partial charge in [-0.05, 0) is 38.5 Å². The molecule has 0 amide bonds. The van der Waals surface area contributed by atoms with Crippen molar-refractivity contribution in [1.82, 2.24) is 5.32 Å². The molecule has 1 aromatic rings. The zero-order valence-corrected chi connectivity index (χ0v) is 12.7. The Kier molecular flexibility index (Phi) is 4.69. The number of amidine groups is 1. The van der Waals surface area contributed by atoms with Gasteiger partial charge in [0.25, 0.3) is 0 Å². The van der Waals surface area contributed by atoms with Crippen LogP contribution in [-0.4, -0.2) is 36.4 Å². The molecule has 4 N–H and O–H groups in total. The molecule has 0 radical (unpaired) electrons. The van der Waals surface area contributed by atoms with E-state index in [2.05, 4.69) is 24.3 Å². The number of nitrogens with two attached hydrogens (primary N) is 1. The highest BCUT2D eigenvalue weighted by molar-refractivity contribution is 5.97. The summed E-state index contributed by atoms with van der Waals surface area (Å²) >= 11 is 0. The molecule has 1 aliphatic heterocycles. The van der Waals surface area contributed by atoms with Crippen molar-refractivity contribution in [1.29, 1.82) is 0 Å². The monoisotopic (exact) mass is 293 g/mol. The number of ether oxygens (including phenoxy) is 2. The Morgan fingerprint density at radius 2 is 2.38 bits per heavy atom. The Hall–Kier alpha value is -1.79. The highest BCUT2D eigenvalue weighted by Crippen LogP contribution is 2.27. The Balaban J connectivity index is 2.18. The summed E-state index contributed by atoms with van der Waals surface area (Å²) < 4.78 is 11.0. The molecule has 6 heteroatoms. The fourth-order valence-electron chi connectivity index (χ4n) is 2.50. The second-order valence-electron chi connectivity index (χ2n) is 5.55. The average Bonchev–Trinajstić information content (AvgIpc) is 2.84. The van der Waals surface area contributed by atoms with Gasteiger partial charge in [-0.2, -0.15) is 0 Å². The lowest BCUT2D eigenvalue weighted by atomic mass is 9.94. The lowest BCUT2D eigenvalue weighted by Crippen LogP contribution is -2.47. The van der Waals surface area contributed by atoms with Gasteiger partial charge < -0.3 is 25.7 Å². The summed E-state index contributed by atoms with van der Waals surface area (Å²) in [6, 6.07) is 5.45. The Bertz CT molecular complexity index is 533. The van der Waals surface area contributed by atoms with Gasteiger partial charge >= 0.3 is 0 Å². The molecule has 2 rings (SSSR count). The average molecular weight is 293 g/mol. The van der Waals surface area contributed by atoms with Crippen molar-refractivity contribution >= 4 is 5.84 Å². The largest absolute Gasteiger partial charge is 0.496 e. The number of hydrogen-bond donors (Lipinski definition) is 3. The van der Waals surface area contributed by atoms with E-state index in [1.807, 2.05) is 12.1 Å². The van der Waals surface area contributed by atoms with E-state index in [4.69, 9.17) is 20.4 Å². The van der Waals surface area contributed by atoms with Gasteiger partial charge in [0, 0.05) is 29.8 Å². The molecule has 6 nitrogen and oxygen atoms in total. The molecule has 0 aliphatic carbocycles. The molecule has 1 aromatic carbocycles. The van der Waals surface area contributed by atoms with E-state index >= 15 is 0 Å². The van der Waals surface area contributed by atoms with Crippen LogP contribution < -0.4 is 15.8 Å². The predicted molar refractivity (Wildman–Crippen MR) is 80.8 cm³/mol. The van der Waals surface area contributed by atoms with Gasteiger partial charge in [-0.25, -0.2) is 0 Å². The van der Waals surface area contributed by atoms with E-state index in [0.29, 0.717) is 12.1 Å². The molecule has 116 valence electrons. The summed E-state index contributed by atoms with van der Waals surface area (Å²) in [4.78, 5) is 0. The van der Waals surface area contributed by atoms with Gasteiger partial charge in [-0.1, -0.05) is 5.16 Å². The van der Waals surface area contributed by atoms with Gasteiger partial charge in [-0.3, -0.25) is 0 Å². The van der Waals surface area contributed by atoms with Crippen LogP contribution in [0.4, 0.5) is 0 Å². The number of hydrogen-bond acceptors (Lipinski definition) is 5. The van der Waals surface area contributed by atoms with Gasteiger partial charge in [-0.15, -0.1) is 0 Å². The van der Waals surface area contributed by atoms with Gasteiger partial charge in [0.2, 0.25) is 0 Å². The maximum absolute atomic E-state index is 8.78. The van der Waals surface area contributed by atoms with Crippen molar-refractivity contribution in [2.45, 2.75) is 38.5 Å². The first-order chi connectivity index (χ1) is 10.00. The first-order valence-electron chi connectivity index (χ1n) is 7.01. The fourth-order valence-corrected chi connectivity index (χ4v) is 2.50. The van der Waals surface area contributed by atoms with Crippen molar-refractivity contribution in [2.24, 2.45) is 10.9 Å². The van der Waals surface area contributed by atoms with Crippen LogP contribution >= 0.6 is 0 Å². The molecule has 2 atom stereocenters. The molecule has 0 aromatic heterocycles. The standard InChI is InChI=1S/C15H23N3O3/c1-10-15(2,6-7-21-10)17-9-12-8-11(14(16)18-19)4-5-13(12)20-3/h4-5,8,10,17,19H,6-7,9H2,1-3H3,(H2,16,18). The van der Waals surface area contributed by atoms with Crippen molar-refractivity contribution in [3.8, 4) is 5.75 Å². The van der Waals surface area contributed by atoms with Crippen molar-refractivity contribution in [3.63, 3.8) is 0 Å². The number of nitrogens with zero attached hydrogens (tertiary/aromatic N) is 1. The van der Waals surface area contributed by atoms with Crippen molar-refractivity contribution in [3.05, 3.63) is 29.3 Å². The minimum atomic E-state index is -0.0579. The van der Waals surface area contributed by atoms with Gasteiger partial charge in [0.1, 0.15) is 5.75 Å². The number of benzene rings is 1. The van der Waals surface area contributed by atoms with E-state index in [9.17, 15) is 0 Å². The third kappa shape index (κ3) is 3.28. The van der Waals surface area contributed by atoms with Crippen LogP contribution in [0.2, 0.25) is 0 Å². The first kappa shape index (κ1) is 15.6. The minimum absolute atomic E-state index is 0.0579. The Morgan fingerprint density at radius 3 is 2.95 bits per heavy atom. The lowest BCUT2D eigenvalue weighted by Gasteiger charge is -2.29. The third-order valence-electron chi connectivity index (χ3n) is 4.25. The molecule has 1 saturated heterocycles. The van der Waals surface area contributed by atoms with Crippen LogP contribution in [0.15, 0.2) is 23.4 Å². The van der Waals surface area contributed by atoms with E-state index in [1.165, 1.54) is 0 Å². The van der Waals surface area contributed by atoms with Gasteiger partial charge in [0.05, 0.1) is 13.2 Å². The number of rotatable bonds is 5. The van der Waals surface area contributed by atoms with E-state index < -0.39 is 0 Å². The van der Waals surface area contributed by atoms with E-state index in [-0.39, 0.29) is 17.5 Å². The lowest BCUT2D eigenvalue weighted by molar-refractivity contribution is 0.0880. The Morgan fingerprint density at radius 1 is 1.62 bits per heavy atom. The summed E-state index contributed by atoms with van der Waals surface area (Å²) in [5.41, 5.74) is 7.20. The van der Waals surface area contributed by atoms with Crippen LogP contribution in [0.5, 0.6) is 5.75 Å². The maximum Gasteiger partial charge on any atom is 0.170 e. The predicted octanol–water partition coefficient (Wildman–Crippen LogP) is 1.45. The number of nitrogens with one attached hydrogen (secondary N) is 1. The fraction of sp³-hybridized carbons (Fsp3) is 0.533. The topological polar surface area (TPSA) is 89.1 Å². The smallest absolute Gasteiger partial charge is 0.170 e. The SMILES string of the molecule is COc1ccc(/C(N)=N/O)cc1CNC1(C)CCOC1C. The van der Waals surface area contributed by atoms with Crippen LogP contribution in [-0.2, 0) is 11.3 Å². The highest BCUT2D eigenvalue weighted by Gasteiger charge is 2.36. The van der Waals surface area contributed by atoms with Crippen LogP contribution in [0, 0.1) is 0 Å². The Labute approximate surface area is 124 Å². The summed E-state index contributed by atoms with van der Waals surface area (Å²) in [6.45, 7) is 5.63. The van der Waals surface area contributed by atoms with Crippen LogP contribution in [0.3, 0.4) is 0 Å². The summed E-state index contributed by atoms with van der Waals surface area (Å²) in [5.74, 6) is 0.856. The van der Waals surface area contributed by atoms with Crippen molar-refractivity contribution in [2.75, 3.05) is 13.7 Å². The summed E-state index contributed by atoms with van der Waals surface area (Å²) in [5, 5.41) is 15.3. The molecular weight excluding hydrogens is 270 g/mol. The molecule has 1 heterocycles. The number of oxime groups is 1. The molecule has 1 aliphatic rings. The first-order valence-corrected chi connectivity index (χ1v) is 7.01. The molecular formula is C15H23N3O3. The van der Waals surface area contributed by atoms with Crippen LogP contribution in [0.1, 0.15) is 31.4 Å².